The predicted molar refractivity (Wildman–Crippen MR) is 183 cm³/mol. The predicted octanol–water partition coefficient (Wildman–Crippen LogP) is 5.21. The summed E-state index contributed by atoms with van der Waals surface area (Å²) >= 11 is 0. The van der Waals surface area contributed by atoms with Crippen LogP contribution >= 0.6 is 0 Å². The zero-order chi connectivity index (χ0) is 34.7. The van der Waals surface area contributed by atoms with E-state index in [1.54, 1.807) is 84.6 Å². The maximum Gasteiger partial charge on any atom is 0.305 e. The first kappa shape index (κ1) is 33.9. The number of amides is 3. The number of benzene rings is 3. The Bertz CT molecular complexity index is 1790. The lowest BCUT2D eigenvalue weighted by Crippen LogP contribution is -2.44. The van der Waals surface area contributed by atoms with Crippen LogP contribution in [0.25, 0.3) is 0 Å². The second-order valence-electron chi connectivity index (χ2n) is 12.7. The van der Waals surface area contributed by atoms with Gasteiger partial charge in [0.05, 0.1) is 36.7 Å². The van der Waals surface area contributed by atoms with Crippen LogP contribution in [0.3, 0.4) is 0 Å². The SMILES string of the molecule is COC(=O)CCCCN1C(=O)[C@@](O)([C@@H](C)/C=C/CC(=O)N2CCC[C@H]2CO)c2cc(N3C(=O)c4ccccc4Oc4ccccc43)ccc21. The number of aliphatic hydroxyl groups excluding tert-OH is 1. The first-order valence-electron chi connectivity index (χ1n) is 16.7. The standard InChI is InChI=1S/C38H41N3O8/c1-25(11-9-17-34(43)39-22-10-12-27(39)24-42)38(47)29-23-26(19-20-30(29)40(37(38)46)21-8-7-18-35(44)48-2)41-31-14-4-6-16-33(31)49-32-15-5-3-13-28(32)36(41)45/h3-6,9,11,13-16,19-20,23,25,27,42,47H,7-8,10,12,17-18,21-22,24H2,1-2H3/b11-9+/t25-,27-,38+/m0/s1. The average molecular weight is 668 g/mol. The molecule has 6 rings (SSSR count). The lowest BCUT2D eigenvalue weighted by molar-refractivity contribution is -0.140. The van der Waals surface area contributed by atoms with E-state index in [-0.39, 0.29) is 49.8 Å². The van der Waals surface area contributed by atoms with Crippen LogP contribution in [0.4, 0.5) is 17.1 Å². The van der Waals surface area contributed by atoms with E-state index in [2.05, 4.69) is 0 Å². The number of hydrogen-bond donors (Lipinski definition) is 2. The molecule has 0 aromatic heterocycles. The van der Waals surface area contributed by atoms with Crippen LogP contribution in [0.5, 0.6) is 11.5 Å². The third-order valence-corrected chi connectivity index (χ3v) is 9.68. The summed E-state index contributed by atoms with van der Waals surface area (Å²) in [4.78, 5) is 57.7. The van der Waals surface area contributed by atoms with Crippen molar-refractivity contribution in [3.8, 4) is 11.5 Å². The summed E-state index contributed by atoms with van der Waals surface area (Å²) in [5, 5.41) is 22.1. The van der Waals surface area contributed by atoms with E-state index in [1.807, 2.05) is 6.07 Å². The number of methoxy groups -OCH3 is 1. The Morgan fingerprint density at radius 2 is 1.80 bits per heavy atom. The largest absolute Gasteiger partial charge is 0.469 e. The molecule has 0 spiro atoms. The van der Waals surface area contributed by atoms with E-state index in [1.165, 1.54) is 16.9 Å². The molecule has 0 unspecified atom stereocenters. The molecule has 3 aromatic carbocycles. The first-order chi connectivity index (χ1) is 23.7. The van der Waals surface area contributed by atoms with Crippen LogP contribution in [0.15, 0.2) is 78.9 Å². The number of fused-ring (bicyclic) bond motifs is 3. The fourth-order valence-corrected chi connectivity index (χ4v) is 6.99. The molecule has 3 heterocycles. The maximum atomic E-state index is 14.2. The molecule has 3 aliphatic rings. The van der Waals surface area contributed by atoms with Gasteiger partial charge in [-0.1, -0.05) is 43.3 Å². The highest BCUT2D eigenvalue weighted by atomic mass is 16.5. The molecular weight excluding hydrogens is 626 g/mol. The van der Waals surface area contributed by atoms with Gasteiger partial charge < -0.3 is 29.5 Å². The lowest BCUT2D eigenvalue weighted by atomic mass is 9.82. The molecule has 3 amide bonds. The molecule has 1 fully saturated rings. The molecule has 0 aliphatic carbocycles. The normalized spacial score (nSPS) is 20.5. The number of unbranched alkanes of at least 4 members (excludes halogenated alkanes) is 1. The number of likely N-dealkylation sites (tertiary alicyclic amines) is 1. The monoisotopic (exact) mass is 667 g/mol. The van der Waals surface area contributed by atoms with Crippen LogP contribution in [-0.4, -0.2) is 71.7 Å². The minimum atomic E-state index is -2.02. The summed E-state index contributed by atoms with van der Waals surface area (Å²) in [5.74, 6) is -1.19. The molecule has 2 N–H and O–H groups in total. The van der Waals surface area contributed by atoms with E-state index in [0.717, 1.165) is 12.8 Å². The Balaban J connectivity index is 1.36. The van der Waals surface area contributed by atoms with Gasteiger partial charge in [-0.05, 0) is 68.1 Å². The van der Waals surface area contributed by atoms with Gasteiger partial charge in [-0.2, -0.15) is 0 Å². The highest BCUT2D eigenvalue weighted by molar-refractivity contribution is 6.15. The van der Waals surface area contributed by atoms with Crippen molar-refractivity contribution >= 4 is 40.8 Å². The van der Waals surface area contributed by atoms with E-state index in [9.17, 15) is 29.4 Å². The summed E-state index contributed by atoms with van der Waals surface area (Å²) in [5.41, 5.74) is 0.115. The minimum absolute atomic E-state index is 0.0632. The molecule has 49 heavy (non-hydrogen) atoms. The van der Waals surface area contributed by atoms with Gasteiger partial charge in [-0.25, -0.2) is 0 Å². The van der Waals surface area contributed by atoms with Crippen LogP contribution in [0.2, 0.25) is 0 Å². The molecule has 0 radical (unpaired) electrons. The number of anilines is 3. The number of ether oxygens (including phenoxy) is 2. The van der Waals surface area contributed by atoms with Crippen molar-refractivity contribution in [3.05, 3.63) is 90.0 Å². The van der Waals surface area contributed by atoms with E-state index >= 15 is 0 Å². The Morgan fingerprint density at radius 1 is 1.04 bits per heavy atom. The topological polar surface area (TPSA) is 137 Å². The van der Waals surface area contributed by atoms with Gasteiger partial charge in [0.15, 0.2) is 11.4 Å². The third-order valence-electron chi connectivity index (χ3n) is 9.68. The number of esters is 1. The molecule has 3 atom stereocenters. The molecule has 3 aromatic rings. The van der Waals surface area contributed by atoms with Crippen molar-refractivity contribution in [3.63, 3.8) is 0 Å². The summed E-state index contributed by atoms with van der Waals surface area (Å²) in [6, 6.07) is 19.1. The van der Waals surface area contributed by atoms with Crippen LogP contribution < -0.4 is 14.5 Å². The number of carbonyl (C=O) groups excluding carboxylic acids is 4. The molecule has 3 aliphatic heterocycles. The Kier molecular flexibility index (Phi) is 9.84. The quantitative estimate of drug-likeness (QED) is 0.162. The van der Waals surface area contributed by atoms with E-state index < -0.39 is 17.4 Å². The summed E-state index contributed by atoms with van der Waals surface area (Å²) in [6.45, 7) is 2.48. The Morgan fingerprint density at radius 3 is 2.57 bits per heavy atom. The lowest BCUT2D eigenvalue weighted by Gasteiger charge is -2.29. The van der Waals surface area contributed by atoms with Crippen molar-refractivity contribution in [2.24, 2.45) is 5.92 Å². The second-order valence-corrected chi connectivity index (χ2v) is 12.7. The number of hydrogen-bond acceptors (Lipinski definition) is 8. The second kappa shape index (κ2) is 14.2. The summed E-state index contributed by atoms with van der Waals surface area (Å²) < 4.78 is 10.9. The van der Waals surface area contributed by atoms with Gasteiger partial charge in [0, 0.05) is 43.1 Å². The first-order valence-corrected chi connectivity index (χ1v) is 16.7. The summed E-state index contributed by atoms with van der Waals surface area (Å²) in [7, 11) is 1.33. The van der Waals surface area contributed by atoms with Gasteiger partial charge in [0.1, 0.15) is 5.75 Å². The molecule has 11 nitrogen and oxygen atoms in total. The van der Waals surface area contributed by atoms with Crippen LogP contribution in [0, 0.1) is 5.92 Å². The Hall–Kier alpha value is -5.00. The van der Waals surface area contributed by atoms with E-state index in [0.29, 0.717) is 59.1 Å². The van der Waals surface area contributed by atoms with Gasteiger partial charge in [-0.3, -0.25) is 24.1 Å². The van der Waals surface area contributed by atoms with Crippen molar-refractivity contribution in [1.82, 2.24) is 4.90 Å². The highest BCUT2D eigenvalue weighted by Crippen LogP contribution is 2.49. The highest BCUT2D eigenvalue weighted by Gasteiger charge is 2.52. The number of para-hydroxylation sites is 3. The number of aliphatic hydroxyl groups is 2. The van der Waals surface area contributed by atoms with Crippen molar-refractivity contribution in [2.75, 3.05) is 36.6 Å². The van der Waals surface area contributed by atoms with Crippen LogP contribution in [-0.2, 0) is 24.7 Å². The van der Waals surface area contributed by atoms with Crippen molar-refractivity contribution < 1.29 is 38.9 Å². The van der Waals surface area contributed by atoms with Gasteiger partial charge in [0.2, 0.25) is 5.91 Å². The fraction of sp³-hybridized carbons (Fsp3) is 0.368. The number of nitrogens with zero attached hydrogens (tertiary/aromatic N) is 3. The molecule has 11 heteroatoms. The molecule has 0 saturated carbocycles. The molecular formula is C38H41N3O8. The van der Waals surface area contributed by atoms with E-state index in [4.69, 9.17) is 9.47 Å². The Labute approximate surface area is 285 Å². The van der Waals surface area contributed by atoms with Gasteiger partial charge in [-0.15, -0.1) is 0 Å². The van der Waals surface area contributed by atoms with Crippen LogP contribution in [0.1, 0.15) is 61.4 Å². The fourth-order valence-electron chi connectivity index (χ4n) is 6.99. The average Bonchev–Trinajstić information content (AvgIpc) is 3.65. The molecule has 256 valence electrons. The van der Waals surface area contributed by atoms with Crippen molar-refractivity contribution in [2.45, 2.75) is 57.1 Å². The third kappa shape index (κ3) is 6.31. The minimum Gasteiger partial charge on any atom is -0.469 e. The van der Waals surface area contributed by atoms with Gasteiger partial charge >= 0.3 is 5.97 Å². The smallest absolute Gasteiger partial charge is 0.305 e. The zero-order valence-electron chi connectivity index (χ0n) is 27.7. The van der Waals surface area contributed by atoms with Crippen molar-refractivity contribution in [1.29, 1.82) is 0 Å². The summed E-state index contributed by atoms with van der Waals surface area (Å²) in [6.07, 6.45) is 6.18. The molecule has 0 bridgehead atoms. The molecule has 1 saturated heterocycles. The number of rotatable bonds is 11. The maximum absolute atomic E-state index is 14.2. The van der Waals surface area contributed by atoms with Gasteiger partial charge in [0.25, 0.3) is 11.8 Å². The number of carbonyl (C=O) groups is 4. The zero-order valence-corrected chi connectivity index (χ0v) is 27.7.